The number of nitrogens with zero attached hydrogens (tertiary/aromatic N) is 1. The number of nitrogen functional groups attached to an aromatic ring is 4. The van der Waals surface area contributed by atoms with Crippen molar-refractivity contribution in [2.75, 3.05) is 30.0 Å². The van der Waals surface area contributed by atoms with Gasteiger partial charge in [-0.25, -0.2) is 0 Å². The number of benzene rings is 1. The zero-order valence-electron chi connectivity index (χ0n) is 8.37. The maximum Gasteiger partial charge on any atom is 0.197 e. The van der Waals surface area contributed by atoms with Crippen molar-refractivity contribution in [3.05, 3.63) is 0 Å². The van der Waals surface area contributed by atoms with E-state index in [9.17, 15) is 0 Å². The maximum absolute atomic E-state index is 5.74. The van der Waals surface area contributed by atoms with Gasteiger partial charge in [-0.2, -0.15) is 5.48 Å². The van der Waals surface area contributed by atoms with Crippen molar-refractivity contribution in [2.45, 2.75) is 0 Å². The average Bonchev–Trinajstić information content (AvgIpc) is 2.22. The Balaban J connectivity index is 3.52. The first-order valence-electron chi connectivity index (χ1n) is 4.10. The van der Waals surface area contributed by atoms with E-state index in [1.807, 2.05) is 0 Å². The van der Waals surface area contributed by atoms with E-state index in [1.54, 1.807) is 7.05 Å². The third-order valence-electron chi connectivity index (χ3n) is 1.94. The quantitative estimate of drug-likeness (QED) is 0.267. The van der Waals surface area contributed by atoms with E-state index in [1.165, 1.54) is 0 Å². The molecule has 0 spiro atoms. The van der Waals surface area contributed by atoms with Crippen LogP contribution in [0.2, 0.25) is 0 Å². The summed E-state index contributed by atoms with van der Waals surface area (Å²) in [7, 11) is 1.56. The van der Waals surface area contributed by atoms with E-state index in [0.717, 1.165) is 0 Å². The topological polar surface area (TPSA) is 138 Å². The van der Waals surface area contributed by atoms with E-state index in [-0.39, 0.29) is 34.2 Å². The number of hydrogen-bond donors (Lipinski definition) is 5. The molecule has 0 saturated carbocycles. The van der Waals surface area contributed by atoms with Crippen LogP contribution in [0.3, 0.4) is 0 Å². The van der Waals surface area contributed by atoms with Crippen molar-refractivity contribution in [3.8, 4) is 5.75 Å². The standard InChI is InChI=1S/C8H14N6O/c1-13-7-4(10)3(9)5(11)8(6(7)12)15-14-2/h14H,1,9-12H2,2H3. The number of anilines is 4. The van der Waals surface area contributed by atoms with Gasteiger partial charge in [-0.3, -0.25) is 4.99 Å². The molecule has 1 aromatic rings. The number of aliphatic imine (C=N–C) groups is 1. The molecule has 0 fully saturated rings. The van der Waals surface area contributed by atoms with Crippen LogP contribution in [0, 0.1) is 0 Å². The number of hydroxylamine groups is 1. The lowest BCUT2D eigenvalue weighted by molar-refractivity contribution is 0.227. The molecule has 1 rings (SSSR count). The van der Waals surface area contributed by atoms with Crippen molar-refractivity contribution in [3.63, 3.8) is 0 Å². The van der Waals surface area contributed by atoms with E-state index >= 15 is 0 Å². The van der Waals surface area contributed by atoms with Crippen LogP contribution in [-0.4, -0.2) is 13.8 Å². The van der Waals surface area contributed by atoms with Gasteiger partial charge in [0.1, 0.15) is 17.1 Å². The van der Waals surface area contributed by atoms with Gasteiger partial charge in [-0.05, 0) is 6.72 Å². The Morgan fingerprint density at radius 2 is 1.67 bits per heavy atom. The fraction of sp³-hybridized carbons (Fsp3) is 0.125. The Labute approximate surface area is 87.0 Å². The predicted molar refractivity (Wildman–Crippen MR) is 63.0 cm³/mol. The molecule has 0 aliphatic rings. The molecule has 0 aliphatic carbocycles. The molecule has 82 valence electrons. The first kappa shape index (κ1) is 10.9. The summed E-state index contributed by atoms with van der Waals surface area (Å²) in [6, 6.07) is 0. The van der Waals surface area contributed by atoms with E-state index < -0.39 is 0 Å². The minimum absolute atomic E-state index is 0.173. The fourth-order valence-corrected chi connectivity index (χ4v) is 1.18. The van der Waals surface area contributed by atoms with Gasteiger partial charge in [-0.15, -0.1) is 0 Å². The fourth-order valence-electron chi connectivity index (χ4n) is 1.18. The molecule has 9 N–H and O–H groups in total. The lowest BCUT2D eigenvalue weighted by atomic mass is 10.1. The van der Waals surface area contributed by atoms with E-state index in [4.69, 9.17) is 27.8 Å². The van der Waals surface area contributed by atoms with Gasteiger partial charge >= 0.3 is 0 Å². The molecule has 7 nitrogen and oxygen atoms in total. The third-order valence-corrected chi connectivity index (χ3v) is 1.94. The summed E-state index contributed by atoms with van der Waals surface area (Å²) in [6.07, 6.45) is 0. The minimum atomic E-state index is 0.173. The Kier molecular flexibility index (Phi) is 2.86. The Morgan fingerprint density at radius 1 is 1.07 bits per heavy atom. The summed E-state index contributed by atoms with van der Waals surface area (Å²) in [5.41, 5.74) is 26.2. The molecule has 0 radical (unpaired) electrons. The SMILES string of the molecule is C=Nc1c(N)c(N)c(N)c(ONC)c1N. The van der Waals surface area contributed by atoms with Gasteiger partial charge < -0.3 is 27.8 Å². The normalized spacial score (nSPS) is 9.93. The average molecular weight is 210 g/mol. The van der Waals surface area contributed by atoms with Crippen LogP contribution in [0.1, 0.15) is 0 Å². The molecule has 0 saturated heterocycles. The van der Waals surface area contributed by atoms with Crippen molar-refractivity contribution < 1.29 is 4.84 Å². The molecular formula is C8H14N6O. The summed E-state index contributed by atoms with van der Waals surface area (Å²) in [5.74, 6) is 0.201. The Hall–Kier alpha value is -2.15. The molecule has 0 unspecified atom stereocenters. The van der Waals surface area contributed by atoms with Gasteiger partial charge in [0.15, 0.2) is 5.75 Å². The van der Waals surface area contributed by atoms with E-state index in [2.05, 4.69) is 17.2 Å². The Morgan fingerprint density at radius 3 is 2.13 bits per heavy atom. The Bertz CT molecular complexity index is 403. The smallest absolute Gasteiger partial charge is 0.197 e. The van der Waals surface area contributed by atoms with Crippen LogP contribution >= 0.6 is 0 Å². The summed E-state index contributed by atoms with van der Waals surface area (Å²) in [6.45, 7) is 3.34. The van der Waals surface area contributed by atoms with Crippen molar-refractivity contribution in [1.82, 2.24) is 5.48 Å². The van der Waals surface area contributed by atoms with Crippen LogP contribution in [0.15, 0.2) is 4.99 Å². The molecule has 0 amide bonds. The predicted octanol–water partition coefficient (Wildman–Crippen LogP) is -0.139. The first-order valence-corrected chi connectivity index (χ1v) is 4.10. The van der Waals surface area contributed by atoms with Crippen LogP contribution < -0.4 is 33.3 Å². The number of hydrogen-bond acceptors (Lipinski definition) is 7. The summed E-state index contributed by atoms with van der Waals surface area (Å²) in [5, 5.41) is 0. The van der Waals surface area contributed by atoms with Crippen LogP contribution in [0.25, 0.3) is 0 Å². The number of nitrogens with two attached hydrogens (primary N) is 4. The highest BCUT2D eigenvalue weighted by Gasteiger charge is 2.18. The molecule has 0 aliphatic heterocycles. The zero-order valence-corrected chi connectivity index (χ0v) is 8.37. The summed E-state index contributed by atoms with van der Waals surface area (Å²) in [4.78, 5) is 8.69. The second-order valence-electron chi connectivity index (χ2n) is 2.80. The molecule has 0 bridgehead atoms. The molecule has 0 heterocycles. The molecule has 0 atom stereocenters. The van der Waals surface area contributed by atoms with Gasteiger partial charge in [-0.1, -0.05) is 0 Å². The number of nitrogens with one attached hydrogen (secondary N) is 1. The highest BCUT2D eigenvalue weighted by molar-refractivity contribution is 5.98. The summed E-state index contributed by atoms with van der Waals surface area (Å²) < 4.78 is 0. The highest BCUT2D eigenvalue weighted by atomic mass is 16.6. The molecular weight excluding hydrogens is 196 g/mol. The van der Waals surface area contributed by atoms with Crippen LogP contribution in [0.4, 0.5) is 28.4 Å². The number of rotatable bonds is 3. The second-order valence-corrected chi connectivity index (χ2v) is 2.80. The first-order chi connectivity index (χ1) is 7.04. The van der Waals surface area contributed by atoms with Gasteiger partial charge in [0.25, 0.3) is 0 Å². The van der Waals surface area contributed by atoms with Crippen LogP contribution in [0.5, 0.6) is 5.75 Å². The monoisotopic (exact) mass is 210 g/mol. The van der Waals surface area contributed by atoms with E-state index in [0.29, 0.717) is 0 Å². The zero-order chi connectivity index (χ0) is 11.6. The van der Waals surface area contributed by atoms with Crippen molar-refractivity contribution in [2.24, 2.45) is 4.99 Å². The maximum atomic E-state index is 5.74. The van der Waals surface area contributed by atoms with Crippen LogP contribution in [-0.2, 0) is 0 Å². The summed E-state index contributed by atoms with van der Waals surface area (Å²) >= 11 is 0. The van der Waals surface area contributed by atoms with Gasteiger partial charge in [0.05, 0.1) is 11.4 Å². The molecule has 1 aromatic carbocycles. The van der Waals surface area contributed by atoms with Crippen molar-refractivity contribution in [1.29, 1.82) is 0 Å². The molecule has 0 aromatic heterocycles. The molecule has 7 heteroatoms. The largest absolute Gasteiger partial charge is 0.404 e. The highest BCUT2D eigenvalue weighted by Crippen LogP contribution is 2.46. The lowest BCUT2D eigenvalue weighted by Crippen LogP contribution is -2.15. The second kappa shape index (κ2) is 3.93. The van der Waals surface area contributed by atoms with Gasteiger partial charge in [0, 0.05) is 7.05 Å². The van der Waals surface area contributed by atoms with Gasteiger partial charge in [0.2, 0.25) is 0 Å². The molecule has 15 heavy (non-hydrogen) atoms. The lowest BCUT2D eigenvalue weighted by Gasteiger charge is -2.15. The van der Waals surface area contributed by atoms with Crippen molar-refractivity contribution >= 4 is 35.2 Å². The third kappa shape index (κ3) is 1.59. The minimum Gasteiger partial charge on any atom is -0.404 e.